The number of pyridine rings is 1. The van der Waals surface area contributed by atoms with Gasteiger partial charge in [-0.2, -0.15) is 5.26 Å². The van der Waals surface area contributed by atoms with E-state index < -0.39 is 0 Å². The van der Waals surface area contributed by atoms with Gasteiger partial charge in [-0.15, -0.1) is 0 Å². The smallest absolute Gasteiger partial charge is 0.128 e. The second-order valence-corrected chi connectivity index (χ2v) is 7.25. The predicted molar refractivity (Wildman–Crippen MR) is 95.0 cm³/mol. The van der Waals surface area contributed by atoms with Crippen LogP contribution in [0.15, 0.2) is 18.3 Å². The summed E-state index contributed by atoms with van der Waals surface area (Å²) in [5, 5.41) is 8.86. The van der Waals surface area contributed by atoms with Crippen molar-refractivity contribution in [2.75, 3.05) is 37.6 Å². The molecule has 2 aliphatic heterocycles. The number of rotatable bonds is 4. The lowest BCUT2D eigenvalue weighted by atomic mass is 9.93. The van der Waals surface area contributed by atoms with Crippen LogP contribution in [0.2, 0.25) is 0 Å². The monoisotopic (exact) mass is 328 g/mol. The molecule has 1 aromatic rings. The normalized spacial score (nSPS) is 26.3. The molecule has 2 aliphatic rings. The number of morpholine rings is 1. The van der Waals surface area contributed by atoms with Crippen LogP contribution in [0.25, 0.3) is 0 Å². The Hall–Kier alpha value is -1.64. The zero-order chi connectivity index (χ0) is 16.9. The van der Waals surface area contributed by atoms with E-state index in [9.17, 15) is 0 Å². The highest BCUT2D eigenvalue weighted by Gasteiger charge is 2.24. The molecule has 2 atom stereocenters. The van der Waals surface area contributed by atoms with Crippen LogP contribution in [-0.4, -0.2) is 54.8 Å². The first-order chi connectivity index (χ1) is 11.6. The topological polar surface area (TPSA) is 52.4 Å². The van der Waals surface area contributed by atoms with Crippen LogP contribution < -0.4 is 4.90 Å². The summed E-state index contributed by atoms with van der Waals surface area (Å²) >= 11 is 0. The molecule has 0 bridgehead atoms. The largest absolute Gasteiger partial charge is 0.373 e. The fourth-order valence-corrected chi connectivity index (χ4v) is 3.92. The van der Waals surface area contributed by atoms with Crippen LogP contribution in [0, 0.1) is 17.2 Å². The average molecular weight is 328 g/mol. The van der Waals surface area contributed by atoms with Gasteiger partial charge >= 0.3 is 0 Å². The molecule has 0 aliphatic carbocycles. The number of nitriles is 1. The quantitative estimate of drug-likeness (QED) is 0.850. The predicted octanol–water partition coefficient (Wildman–Crippen LogP) is 2.67. The minimum Gasteiger partial charge on any atom is -0.373 e. The van der Waals surface area contributed by atoms with Crippen molar-refractivity contribution >= 4 is 5.82 Å². The Morgan fingerprint density at radius 1 is 1.21 bits per heavy atom. The van der Waals surface area contributed by atoms with Gasteiger partial charge in [0, 0.05) is 32.4 Å². The Balaban J connectivity index is 1.42. The van der Waals surface area contributed by atoms with Gasteiger partial charge in [0.05, 0.1) is 17.8 Å². The molecular formula is C19H28N4O. The molecule has 24 heavy (non-hydrogen) atoms. The molecule has 2 unspecified atom stereocenters. The summed E-state index contributed by atoms with van der Waals surface area (Å²) in [6.45, 7) is 9.81. The van der Waals surface area contributed by atoms with Crippen molar-refractivity contribution in [2.24, 2.45) is 5.92 Å². The third-order valence-electron chi connectivity index (χ3n) is 5.16. The van der Waals surface area contributed by atoms with Gasteiger partial charge < -0.3 is 9.64 Å². The molecule has 3 rings (SSSR count). The highest BCUT2D eigenvalue weighted by Crippen LogP contribution is 2.25. The SMILES string of the molecule is CC1CN(CCC2CCN(c3ccc(C#N)cn3)CC2)CC(C)O1. The zero-order valence-corrected chi connectivity index (χ0v) is 14.8. The second kappa shape index (κ2) is 7.96. The van der Waals surface area contributed by atoms with Gasteiger partial charge in [-0.05, 0) is 57.7 Å². The van der Waals surface area contributed by atoms with Gasteiger partial charge in [0.1, 0.15) is 11.9 Å². The fourth-order valence-electron chi connectivity index (χ4n) is 3.92. The standard InChI is InChI=1S/C19H28N4O/c1-15-13-22(14-16(2)24-15)8-5-17-6-9-23(10-7-17)19-4-3-18(11-20)12-21-19/h3-4,12,15-17H,5-10,13-14H2,1-2H3. The first kappa shape index (κ1) is 17.2. The van der Waals surface area contributed by atoms with Crippen LogP contribution >= 0.6 is 0 Å². The van der Waals surface area contributed by atoms with E-state index in [4.69, 9.17) is 10.00 Å². The van der Waals surface area contributed by atoms with Gasteiger partial charge in [-0.1, -0.05) is 0 Å². The highest BCUT2D eigenvalue weighted by atomic mass is 16.5. The summed E-state index contributed by atoms with van der Waals surface area (Å²) in [6, 6.07) is 5.95. The number of ether oxygens (including phenoxy) is 1. The van der Waals surface area contributed by atoms with E-state index in [-0.39, 0.29) is 0 Å². The summed E-state index contributed by atoms with van der Waals surface area (Å²) in [7, 11) is 0. The van der Waals surface area contributed by atoms with E-state index >= 15 is 0 Å². The maximum absolute atomic E-state index is 8.86. The maximum Gasteiger partial charge on any atom is 0.128 e. The summed E-state index contributed by atoms with van der Waals surface area (Å²) in [5.41, 5.74) is 0.627. The van der Waals surface area contributed by atoms with Crippen LogP contribution in [0.5, 0.6) is 0 Å². The number of nitrogens with zero attached hydrogens (tertiary/aromatic N) is 4. The fraction of sp³-hybridized carbons (Fsp3) is 0.684. The summed E-state index contributed by atoms with van der Waals surface area (Å²) in [6.07, 6.45) is 6.14. The molecule has 0 aromatic carbocycles. The molecule has 0 N–H and O–H groups in total. The summed E-state index contributed by atoms with van der Waals surface area (Å²) in [4.78, 5) is 9.32. The first-order valence-corrected chi connectivity index (χ1v) is 9.13. The molecule has 1 aromatic heterocycles. The van der Waals surface area contributed by atoms with E-state index in [0.29, 0.717) is 17.8 Å². The van der Waals surface area contributed by atoms with Gasteiger partial charge in [0.15, 0.2) is 0 Å². The number of piperidine rings is 1. The van der Waals surface area contributed by atoms with E-state index in [2.05, 4.69) is 34.7 Å². The molecule has 0 amide bonds. The van der Waals surface area contributed by atoms with Gasteiger partial charge in [0.2, 0.25) is 0 Å². The Labute approximate surface area is 145 Å². The average Bonchev–Trinajstić information content (AvgIpc) is 2.60. The molecule has 5 heteroatoms. The molecule has 2 fully saturated rings. The number of aromatic nitrogens is 1. The van der Waals surface area contributed by atoms with Crippen LogP contribution in [0.1, 0.15) is 38.7 Å². The van der Waals surface area contributed by atoms with E-state index in [0.717, 1.165) is 37.9 Å². The molecule has 5 nitrogen and oxygen atoms in total. The molecule has 0 radical (unpaired) electrons. The van der Waals surface area contributed by atoms with Crippen molar-refractivity contribution < 1.29 is 4.74 Å². The van der Waals surface area contributed by atoms with Crippen molar-refractivity contribution in [1.82, 2.24) is 9.88 Å². The van der Waals surface area contributed by atoms with Crippen molar-refractivity contribution in [1.29, 1.82) is 5.26 Å². The van der Waals surface area contributed by atoms with Crippen molar-refractivity contribution in [3.8, 4) is 6.07 Å². The summed E-state index contributed by atoms with van der Waals surface area (Å²) in [5.74, 6) is 1.82. The van der Waals surface area contributed by atoms with Crippen molar-refractivity contribution in [3.05, 3.63) is 23.9 Å². The minimum atomic E-state index is 0.359. The molecule has 0 spiro atoms. The molecular weight excluding hydrogens is 300 g/mol. The van der Waals surface area contributed by atoms with Gasteiger partial charge in [0.25, 0.3) is 0 Å². The first-order valence-electron chi connectivity index (χ1n) is 9.13. The lowest BCUT2D eigenvalue weighted by Crippen LogP contribution is -2.46. The Morgan fingerprint density at radius 3 is 2.50 bits per heavy atom. The molecule has 3 heterocycles. The molecule has 0 saturated carbocycles. The van der Waals surface area contributed by atoms with Crippen LogP contribution in [0.4, 0.5) is 5.82 Å². The maximum atomic E-state index is 8.86. The summed E-state index contributed by atoms with van der Waals surface area (Å²) < 4.78 is 5.81. The van der Waals surface area contributed by atoms with Crippen molar-refractivity contribution in [3.63, 3.8) is 0 Å². The molecule has 130 valence electrons. The third-order valence-corrected chi connectivity index (χ3v) is 5.16. The second-order valence-electron chi connectivity index (χ2n) is 7.25. The zero-order valence-electron chi connectivity index (χ0n) is 14.8. The van der Waals surface area contributed by atoms with Gasteiger partial charge in [-0.25, -0.2) is 4.98 Å². The van der Waals surface area contributed by atoms with Gasteiger partial charge in [-0.3, -0.25) is 4.90 Å². The highest BCUT2D eigenvalue weighted by molar-refractivity contribution is 5.42. The Kier molecular flexibility index (Phi) is 5.70. The lowest BCUT2D eigenvalue weighted by molar-refractivity contribution is -0.0690. The Morgan fingerprint density at radius 2 is 1.92 bits per heavy atom. The van der Waals surface area contributed by atoms with E-state index in [1.165, 1.54) is 25.8 Å². The van der Waals surface area contributed by atoms with Crippen molar-refractivity contribution in [2.45, 2.75) is 45.3 Å². The lowest BCUT2D eigenvalue weighted by Gasteiger charge is -2.37. The Bertz CT molecular complexity index is 550. The van der Waals surface area contributed by atoms with E-state index in [1.54, 1.807) is 6.20 Å². The van der Waals surface area contributed by atoms with E-state index in [1.807, 2.05) is 12.1 Å². The minimum absolute atomic E-state index is 0.359. The number of hydrogen-bond acceptors (Lipinski definition) is 5. The third kappa shape index (κ3) is 4.46. The number of anilines is 1. The van der Waals surface area contributed by atoms with Crippen LogP contribution in [0.3, 0.4) is 0 Å². The number of hydrogen-bond donors (Lipinski definition) is 0. The van der Waals surface area contributed by atoms with Crippen LogP contribution in [-0.2, 0) is 4.74 Å². The molecule has 2 saturated heterocycles.